The molecule has 2 N–H and O–H groups in total. The van der Waals surface area contributed by atoms with Crippen LogP contribution in [0.1, 0.15) is 38.8 Å². The first kappa shape index (κ1) is 11.6. The van der Waals surface area contributed by atoms with Gasteiger partial charge in [0.05, 0.1) is 6.33 Å². The Kier molecular flexibility index (Phi) is 3.99. The zero-order valence-corrected chi connectivity index (χ0v) is 10.4. The van der Waals surface area contributed by atoms with Gasteiger partial charge in [0.2, 0.25) is 0 Å². The maximum Gasteiger partial charge on any atom is 0.0921 e. The van der Waals surface area contributed by atoms with Crippen LogP contribution in [-0.4, -0.2) is 22.6 Å². The lowest BCUT2D eigenvalue weighted by Gasteiger charge is -2.32. The second-order valence-electron chi connectivity index (χ2n) is 5.25. The summed E-state index contributed by atoms with van der Waals surface area (Å²) in [6, 6.07) is 0.731. The molecule has 0 bridgehead atoms. The summed E-state index contributed by atoms with van der Waals surface area (Å²) in [5, 5.41) is 3.66. The van der Waals surface area contributed by atoms with Crippen LogP contribution in [-0.2, 0) is 6.42 Å². The zero-order valence-electron chi connectivity index (χ0n) is 10.4. The molecule has 1 aromatic rings. The van der Waals surface area contributed by atoms with Crippen molar-refractivity contribution in [1.82, 2.24) is 15.3 Å². The number of imidazole rings is 1. The SMILES string of the molecule is CC1CCC(NCCc2cnc[nH]2)CC1C. The maximum atomic E-state index is 4.03. The third kappa shape index (κ3) is 3.08. The minimum Gasteiger partial charge on any atom is -0.348 e. The summed E-state index contributed by atoms with van der Waals surface area (Å²) in [7, 11) is 0. The van der Waals surface area contributed by atoms with Crippen molar-refractivity contribution in [3.8, 4) is 0 Å². The van der Waals surface area contributed by atoms with E-state index in [1.54, 1.807) is 6.33 Å². The summed E-state index contributed by atoms with van der Waals surface area (Å²) >= 11 is 0. The van der Waals surface area contributed by atoms with Crippen molar-refractivity contribution in [2.45, 2.75) is 45.6 Å². The van der Waals surface area contributed by atoms with Crippen LogP contribution >= 0.6 is 0 Å². The molecule has 2 rings (SSSR count). The van der Waals surface area contributed by atoms with Crippen LogP contribution in [0.2, 0.25) is 0 Å². The first-order chi connectivity index (χ1) is 7.75. The normalized spacial score (nSPS) is 30.5. The van der Waals surface area contributed by atoms with Gasteiger partial charge in [0.25, 0.3) is 0 Å². The van der Waals surface area contributed by atoms with Gasteiger partial charge in [0, 0.05) is 30.9 Å². The van der Waals surface area contributed by atoms with Crippen molar-refractivity contribution in [3.63, 3.8) is 0 Å². The Morgan fingerprint density at radius 3 is 2.94 bits per heavy atom. The molecule has 1 fully saturated rings. The monoisotopic (exact) mass is 221 g/mol. The molecule has 1 aliphatic carbocycles. The van der Waals surface area contributed by atoms with E-state index in [9.17, 15) is 0 Å². The average Bonchev–Trinajstić information content (AvgIpc) is 2.76. The van der Waals surface area contributed by atoms with Gasteiger partial charge in [-0.05, 0) is 31.1 Å². The maximum absolute atomic E-state index is 4.03. The van der Waals surface area contributed by atoms with E-state index in [0.717, 1.165) is 30.8 Å². The Balaban J connectivity index is 1.67. The predicted octanol–water partition coefficient (Wildman–Crippen LogP) is 2.37. The molecular formula is C13H23N3. The van der Waals surface area contributed by atoms with Crippen molar-refractivity contribution in [2.24, 2.45) is 11.8 Å². The molecule has 3 unspecified atom stereocenters. The first-order valence-electron chi connectivity index (χ1n) is 6.46. The average molecular weight is 221 g/mol. The fraction of sp³-hybridized carbons (Fsp3) is 0.769. The summed E-state index contributed by atoms with van der Waals surface area (Å²) in [6.07, 6.45) is 8.77. The van der Waals surface area contributed by atoms with Gasteiger partial charge in [0.15, 0.2) is 0 Å². The Bertz CT molecular complexity index is 294. The van der Waals surface area contributed by atoms with E-state index in [2.05, 4.69) is 29.1 Å². The molecule has 1 aromatic heterocycles. The van der Waals surface area contributed by atoms with Crippen LogP contribution in [0.15, 0.2) is 12.5 Å². The molecule has 0 saturated heterocycles. The highest BCUT2D eigenvalue weighted by atomic mass is 14.9. The molecule has 1 aliphatic rings. The Labute approximate surface area is 98.1 Å². The van der Waals surface area contributed by atoms with Gasteiger partial charge in [0.1, 0.15) is 0 Å². The molecule has 0 amide bonds. The smallest absolute Gasteiger partial charge is 0.0921 e. The van der Waals surface area contributed by atoms with Crippen molar-refractivity contribution in [2.75, 3.05) is 6.54 Å². The summed E-state index contributed by atoms with van der Waals surface area (Å²) < 4.78 is 0. The molecule has 1 heterocycles. The highest BCUT2D eigenvalue weighted by molar-refractivity contribution is 4.94. The van der Waals surface area contributed by atoms with Crippen LogP contribution < -0.4 is 5.32 Å². The molecule has 0 radical (unpaired) electrons. The highest BCUT2D eigenvalue weighted by Gasteiger charge is 2.23. The number of aromatic amines is 1. The summed E-state index contributed by atoms with van der Waals surface area (Å²) in [6.45, 7) is 5.83. The minimum atomic E-state index is 0.731. The van der Waals surface area contributed by atoms with Crippen molar-refractivity contribution in [3.05, 3.63) is 18.2 Å². The third-order valence-corrected chi connectivity index (χ3v) is 3.98. The molecule has 0 spiro atoms. The second kappa shape index (κ2) is 5.48. The Morgan fingerprint density at radius 2 is 2.25 bits per heavy atom. The Morgan fingerprint density at radius 1 is 1.38 bits per heavy atom. The van der Waals surface area contributed by atoms with E-state index < -0.39 is 0 Å². The molecule has 0 aliphatic heterocycles. The summed E-state index contributed by atoms with van der Waals surface area (Å²) in [5.74, 6) is 1.78. The molecule has 16 heavy (non-hydrogen) atoms. The Hall–Kier alpha value is -0.830. The number of hydrogen-bond donors (Lipinski definition) is 2. The van der Waals surface area contributed by atoms with Crippen molar-refractivity contribution >= 4 is 0 Å². The lowest BCUT2D eigenvalue weighted by atomic mass is 9.79. The molecule has 90 valence electrons. The largest absolute Gasteiger partial charge is 0.348 e. The molecule has 3 atom stereocenters. The van der Waals surface area contributed by atoms with E-state index >= 15 is 0 Å². The number of nitrogens with zero attached hydrogens (tertiary/aromatic N) is 1. The van der Waals surface area contributed by atoms with E-state index in [-0.39, 0.29) is 0 Å². The topological polar surface area (TPSA) is 40.7 Å². The van der Waals surface area contributed by atoms with Gasteiger partial charge in [-0.2, -0.15) is 0 Å². The molecule has 0 aromatic carbocycles. The van der Waals surface area contributed by atoms with Crippen LogP contribution in [0.25, 0.3) is 0 Å². The number of aromatic nitrogens is 2. The standard InChI is InChI=1S/C13H23N3/c1-10-3-4-12(7-11(10)2)15-6-5-13-8-14-9-16-13/h8-12,15H,3-7H2,1-2H3,(H,14,16). The fourth-order valence-electron chi connectivity index (χ4n) is 2.57. The number of H-pyrrole nitrogens is 1. The van der Waals surface area contributed by atoms with E-state index in [4.69, 9.17) is 0 Å². The summed E-state index contributed by atoms with van der Waals surface area (Å²) in [4.78, 5) is 7.17. The van der Waals surface area contributed by atoms with Crippen molar-refractivity contribution < 1.29 is 0 Å². The van der Waals surface area contributed by atoms with Crippen LogP contribution in [0, 0.1) is 11.8 Å². The highest BCUT2D eigenvalue weighted by Crippen LogP contribution is 2.29. The molecule has 3 nitrogen and oxygen atoms in total. The number of rotatable bonds is 4. The van der Waals surface area contributed by atoms with Gasteiger partial charge in [-0.3, -0.25) is 0 Å². The lowest BCUT2D eigenvalue weighted by molar-refractivity contribution is 0.227. The molecule has 3 heteroatoms. The van der Waals surface area contributed by atoms with E-state index in [0.29, 0.717) is 0 Å². The first-order valence-corrected chi connectivity index (χ1v) is 6.46. The quantitative estimate of drug-likeness (QED) is 0.819. The molecular weight excluding hydrogens is 198 g/mol. The van der Waals surface area contributed by atoms with Crippen LogP contribution in [0.4, 0.5) is 0 Å². The van der Waals surface area contributed by atoms with Gasteiger partial charge in [-0.15, -0.1) is 0 Å². The van der Waals surface area contributed by atoms with Gasteiger partial charge in [-0.1, -0.05) is 13.8 Å². The fourth-order valence-corrected chi connectivity index (χ4v) is 2.57. The van der Waals surface area contributed by atoms with Gasteiger partial charge in [-0.25, -0.2) is 4.98 Å². The van der Waals surface area contributed by atoms with Crippen molar-refractivity contribution in [1.29, 1.82) is 0 Å². The summed E-state index contributed by atoms with van der Waals surface area (Å²) in [5.41, 5.74) is 1.23. The minimum absolute atomic E-state index is 0.731. The van der Waals surface area contributed by atoms with E-state index in [1.165, 1.54) is 25.0 Å². The van der Waals surface area contributed by atoms with E-state index in [1.807, 2.05) is 6.20 Å². The van der Waals surface area contributed by atoms with Crippen LogP contribution in [0.3, 0.4) is 0 Å². The third-order valence-electron chi connectivity index (χ3n) is 3.98. The second-order valence-corrected chi connectivity index (χ2v) is 5.25. The lowest BCUT2D eigenvalue weighted by Crippen LogP contribution is -2.37. The van der Waals surface area contributed by atoms with Crippen LogP contribution in [0.5, 0.6) is 0 Å². The van der Waals surface area contributed by atoms with Gasteiger partial charge >= 0.3 is 0 Å². The molecule has 1 saturated carbocycles. The number of nitrogens with one attached hydrogen (secondary N) is 2. The number of hydrogen-bond acceptors (Lipinski definition) is 2. The van der Waals surface area contributed by atoms with Gasteiger partial charge < -0.3 is 10.3 Å². The predicted molar refractivity (Wildman–Crippen MR) is 66.3 cm³/mol. The zero-order chi connectivity index (χ0) is 11.4.